The van der Waals surface area contributed by atoms with Gasteiger partial charge in [0.2, 0.25) is 0 Å². The number of hydrogen-bond acceptors (Lipinski definition) is 2. The van der Waals surface area contributed by atoms with Crippen molar-refractivity contribution in [3.05, 3.63) is 35.1 Å². The van der Waals surface area contributed by atoms with E-state index in [1.54, 1.807) is 0 Å². The molecule has 1 aliphatic rings. The van der Waals surface area contributed by atoms with Crippen LogP contribution >= 0.6 is 0 Å². The molecule has 0 aromatic heterocycles. The van der Waals surface area contributed by atoms with E-state index in [1.807, 2.05) is 0 Å². The van der Waals surface area contributed by atoms with Crippen LogP contribution in [0.3, 0.4) is 0 Å². The summed E-state index contributed by atoms with van der Waals surface area (Å²) < 4.78 is 75.6. The molecule has 0 saturated carbocycles. The first-order valence-corrected chi connectivity index (χ1v) is 5.73. The smallest absolute Gasteiger partial charge is 0.352 e. The zero-order valence-electron chi connectivity index (χ0n) is 9.77. The van der Waals surface area contributed by atoms with Crippen LogP contribution < -0.4 is 0 Å². The molecule has 2 nitrogen and oxygen atoms in total. The SMILES string of the molecule is Fc1ccc(C(F)(F)OC2CCCCO2)c(F)c1F. The van der Waals surface area contributed by atoms with Crippen LogP contribution in [0.15, 0.2) is 12.1 Å². The van der Waals surface area contributed by atoms with Gasteiger partial charge in [-0.25, -0.2) is 13.2 Å². The Morgan fingerprint density at radius 2 is 1.84 bits per heavy atom. The predicted octanol–water partition coefficient (Wildman–Crippen LogP) is 3.70. The molecule has 0 N–H and O–H groups in total. The lowest BCUT2D eigenvalue weighted by atomic mass is 10.1. The first kappa shape index (κ1) is 14.2. The molecule has 0 bridgehead atoms. The third kappa shape index (κ3) is 3.03. The molecule has 0 spiro atoms. The second-order valence-corrected chi connectivity index (χ2v) is 4.15. The van der Waals surface area contributed by atoms with Crippen molar-refractivity contribution in [1.29, 1.82) is 0 Å². The average Bonchev–Trinajstić information content (AvgIpc) is 2.36. The fourth-order valence-electron chi connectivity index (χ4n) is 1.78. The third-order valence-corrected chi connectivity index (χ3v) is 2.77. The number of alkyl halides is 2. The normalized spacial score (nSPS) is 20.6. The maximum Gasteiger partial charge on any atom is 0.388 e. The Labute approximate surface area is 106 Å². The molecule has 19 heavy (non-hydrogen) atoms. The van der Waals surface area contributed by atoms with Gasteiger partial charge in [-0.2, -0.15) is 8.78 Å². The molecule has 7 heteroatoms. The molecule has 1 heterocycles. The minimum atomic E-state index is -4.08. The van der Waals surface area contributed by atoms with Gasteiger partial charge in [0.1, 0.15) is 0 Å². The van der Waals surface area contributed by atoms with Crippen LogP contribution in [-0.2, 0) is 15.6 Å². The van der Waals surface area contributed by atoms with Crippen LogP contribution in [0.4, 0.5) is 22.0 Å². The van der Waals surface area contributed by atoms with Crippen molar-refractivity contribution >= 4 is 0 Å². The molecule has 1 atom stereocenters. The fraction of sp³-hybridized carbons (Fsp3) is 0.500. The summed E-state index contributed by atoms with van der Waals surface area (Å²) in [6, 6.07) is 0.878. The summed E-state index contributed by atoms with van der Waals surface area (Å²) in [7, 11) is 0. The summed E-state index contributed by atoms with van der Waals surface area (Å²) in [5.41, 5.74) is -1.35. The van der Waals surface area contributed by atoms with Gasteiger partial charge in [0.25, 0.3) is 0 Å². The summed E-state index contributed by atoms with van der Waals surface area (Å²) in [4.78, 5) is 0. The molecule has 1 aromatic rings. The molecule has 1 aromatic carbocycles. The first-order valence-electron chi connectivity index (χ1n) is 5.73. The van der Waals surface area contributed by atoms with Crippen molar-refractivity contribution < 1.29 is 31.4 Å². The highest BCUT2D eigenvalue weighted by Gasteiger charge is 2.41. The van der Waals surface area contributed by atoms with Crippen LogP contribution in [0, 0.1) is 17.5 Å². The quantitative estimate of drug-likeness (QED) is 0.621. The van der Waals surface area contributed by atoms with Crippen molar-refractivity contribution in [3.8, 4) is 0 Å². The molecule has 0 aliphatic carbocycles. The second-order valence-electron chi connectivity index (χ2n) is 4.15. The number of halogens is 5. The molecule has 1 unspecified atom stereocenters. The van der Waals surface area contributed by atoms with E-state index in [-0.39, 0.29) is 13.0 Å². The highest BCUT2D eigenvalue weighted by molar-refractivity contribution is 5.23. The topological polar surface area (TPSA) is 18.5 Å². The molecule has 1 aliphatic heterocycles. The van der Waals surface area contributed by atoms with E-state index >= 15 is 0 Å². The van der Waals surface area contributed by atoms with E-state index in [0.717, 1.165) is 6.42 Å². The molecule has 2 rings (SSSR count). The second kappa shape index (κ2) is 5.42. The van der Waals surface area contributed by atoms with Crippen LogP contribution in [0.1, 0.15) is 24.8 Å². The largest absolute Gasteiger partial charge is 0.388 e. The third-order valence-electron chi connectivity index (χ3n) is 2.77. The minimum Gasteiger partial charge on any atom is -0.352 e. The van der Waals surface area contributed by atoms with Gasteiger partial charge in [0.05, 0.1) is 5.56 Å². The maximum atomic E-state index is 13.7. The standard InChI is InChI=1S/C12H11F5O2/c13-8-5-4-7(10(14)11(8)15)12(16,17)19-9-3-1-2-6-18-9/h4-5,9H,1-3,6H2. The molecule has 1 fully saturated rings. The number of rotatable bonds is 3. The molecular formula is C12H11F5O2. The summed E-state index contributed by atoms with van der Waals surface area (Å²) in [5.74, 6) is -5.45. The van der Waals surface area contributed by atoms with Gasteiger partial charge in [0, 0.05) is 6.61 Å². The van der Waals surface area contributed by atoms with E-state index in [0.29, 0.717) is 18.6 Å². The minimum absolute atomic E-state index is 0.237. The molecular weight excluding hydrogens is 271 g/mol. The van der Waals surface area contributed by atoms with Gasteiger partial charge in [0.15, 0.2) is 23.7 Å². The van der Waals surface area contributed by atoms with E-state index < -0.39 is 35.4 Å². The Morgan fingerprint density at radius 1 is 1.11 bits per heavy atom. The number of hydrogen-bond donors (Lipinski definition) is 0. The molecule has 106 valence electrons. The van der Waals surface area contributed by atoms with Crippen LogP contribution in [0.5, 0.6) is 0 Å². The summed E-state index contributed by atoms with van der Waals surface area (Å²) in [5, 5.41) is 0. The Balaban J connectivity index is 2.21. The highest BCUT2D eigenvalue weighted by Crippen LogP contribution is 2.35. The Kier molecular flexibility index (Phi) is 4.05. The Hall–Kier alpha value is -1.21. The lowest BCUT2D eigenvalue weighted by Gasteiger charge is -2.27. The van der Waals surface area contributed by atoms with Gasteiger partial charge in [-0.1, -0.05) is 0 Å². The molecule has 0 radical (unpaired) electrons. The molecule has 0 amide bonds. The van der Waals surface area contributed by atoms with Gasteiger partial charge in [-0.05, 0) is 31.4 Å². The maximum absolute atomic E-state index is 13.7. The number of benzene rings is 1. The predicted molar refractivity (Wildman–Crippen MR) is 54.9 cm³/mol. The highest BCUT2D eigenvalue weighted by atomic mass is 19.3. The van der Waals surface area contributed by atoms with Crippen LogP contribution in [-0.4, -0.2) is 12.9 Å². The Morgan fingerprint density at radius 3 is 2.47 bits per heavy atom. The van der Waals surface area contributed by atoms with Crippen molar-refractivity contribution in [1.82, 2.24) is 0 Å². The van der Waals surface area contributed by atoms with Gasteiger partial charge < -0.3 is 4.74 Å². The van der Waals surface area contributed by atoms with Crippen molar-refractivity contribution in [2.75, 3.05) is 6.61 Å². The summed E-state index contributed by atoms with van der Waals surface area (Å²) >= 11 is 0. The van der Waals surface area contributed by atoms with E-state index in [9.17, 15) is 22.0 Å². The van der Waals surface area contributed by atoms with Crippen molar-refractivity contribution in [2.45, 2.75) is 31.7 Å². The van der Waals surface area contributed by atoms with Crippen molar-refractivity contribution in [3.63, 3.8) is 0 Å². The average molecular weight is 282 g/mol. The van der Waals surface area contributed by atoms with Crippen molar-refractivity contribution in [2.24, 2.45) is 0 Å². The Bertz CT molecular complexity index is 458. The van der Waals surface area contributed by atoms with Crippen LogP contribution in [0.2, 0.25) is 0 Å². The lowest BCUT2D eigenvalue weighted by molar-refractivity contribution is -0.332. The van der Waals surface area contributed by atoms with Gasteiger partial charge >= 0.3 is 6.11 Å². The van der Waals surface area contributed by atoms with Crippen LogP contribution in [0.25, 0.3) is 0 Å². The van der Waals surface area contributed by atoms with E-state index in [1.165, 1.54) is 0 Å². The first-order chi connectivity index (χ1) is 8.92. The lowest BCUT2D eigenvalue weighted by Crippen LogP contribution is -2.31. The summed E-state index contributed by atoms with van der Waals surface area (Å²) in [6.07, 6.45) is -3.66. The van der Waals surface area contributed by atoms with E-state index in [2.05, 4.69) is 4.74 Å². The number of ether oxygens (including phenoxy) is 2. The monoisotopic (exact) mass is 282 g/mol. The fourth-order valence-corrected chi connectivity index (χ4v) is 1.78. The summed E-state index contributed by atoms with van der Waals surface area (Å²) in [6.45, 7) is 0.265. The van der Waals surface area contributed by atoms with Gasteiger partial charge in [-0.15, -0.1) is 0 Å². The zero-order chi connectivity index (χ0) is 14.0. The van der Waals surface area contributed by atoms with E-state index in [4.69, 9.17) is 4.74 Å². The zero-order valence-corrected chi connectivity index (χ0v) is 9.77. The molecule has 1 saturated heterocycles. The van der Waals surface area contributed by atoms with Gasteiger partial charge in [-0.3, -0.25) is 4.74 Å².